The zero-order valence-electron chi connectivity index (χ0n) is 12.7. The summed E-state index contributed by atoms with van der Waals surface area (Å²) < 4.78 is 26.7. The van der Waals surface area contributed by atoms with Gasteiger partial charge in [-0.2, -0.15) is 0 Å². The van der Waals surface area contributed by atoms with E-state index in [1.807, 2.05) is 13.8 Å². The minimum absolute atomic E-state index is 0.0635. The number of nitrogen functional groups attached to an aromatic ring is 1. The number of aryl methyl sites for hydroxylation is 1. The molecular formula is C14H23N3O3S. The molecule has 0 radical (unpaired) electrons. The number of hydrogen-bond donors (Lipinski definition) is 2. The molecule has 1 aromatic rings. The van der Waals surface area contributed by atoms with Crippen molar-refractivity contribution in [1.82, 2.24) is 9.62 Å². The molecule has 1 amide bonds. The molecular weight excluding hydrogens is 290 g/mol. The number of benzene rings is 1. The number of carbonyl (C=O) groups excluding carboxylic acids is 1. The number of sulfonamides is 1. The van der Waals surface area contributed by atoms with Gasteiger partial charge in [-0.05, 0) is 44.5 Å². The Morgan fingerprint density at radius 1 is 1.24 bits per heavy atom. The van der Waals surface area contributed by atoms with Crippen molar-refractivity contribution in [2.75, 3.05) is 25.4 Å². The van der Waals surface area contributed by atoms with Gasteiger partial charge in [0.05, 0.1) is 4.90 Å². The third-order valence-corrected chi connectivity index (χ3v) is 4.57. The maximum absolute atomic E-state index is 12.1. The lowest BCUT2D eigenvalue weighted by Crippen LogP contribution is -2.34. The summed E-state index contributed by atoms with van der Waals surface area (Å²) in [4.78, 5) is 13.6. The van der Waals surface area contributed by atoms with Crippen LogP contribution in [0.15, 0.2) is 23.1 Å². The van der Waals surface area contributed by atoms with E-state index in [1.54, 1.807) is 24.0 Å². The first-order valence-corrected chi connectivity index (χ1v) is 8.43. The van der Waals surface area contributed by atoms with Gasteiger partial charge < -0.3 is 10.6 Å². The molecule has 0 aromatic heterocycles. The zero-order chi connectivity index (χ0) is 16.0. The third kappa shape index (κ3) is 5.02. The second-order valence-electron chi connectivity index (χ2n) is 4.79. The van der Waals surface area contributed by atoms with Gasteiger partial charge in [-0.1, -0.05) is 0 Å². The number of anilines is 1. The Bertz CT molecular complexity index is 575. The number of nitrogens with zero attached hydrogens (tertiary/aromatic N) is 1. The lowest BCUT2D eigenvalue weighted by molar-refractivity contribution is -0.130. The highest BCUT2D eigenvalue weighted by Crippen LogP contribution is 2.16. The van der Waals surface area contributed by atoms with Gasteiger partial charge in [0.2, 0.25) is 15.9 Å². The minimum atomic E-state index is -3.64. The second-order valence-corrected chi connectivity index (χ2v) is 6.56. The Balaban J connectivity index is 2.67. The molecule has 0 aliphatic heterocycles. The van der Waals surface area contributed by atoms with E-state index in [0.717, 1.165) is 5.56 Å². The van der Waals surface area contributed by atoms with Gasteiger partial charge in [-0.25, -0.2) is 13.1 Å². The van der Waals surface area contributed by atoms with Gasteiger partial charge >= 0.3 is 0 Å². The Kier molecular flexibility index (Phi) is 6.17. The lowest BCUT2D eigenvalue weighted by Gasteiger charge is -2.18. The Morgan fingerprint density at radius 2 is 1.86 bits per heavy atom. The van der Waals surface area contributed by atoms with Gasteiger partial charge in [0.1, 0.15) is 0 Å². The third-order valence-electron chi connectivity index (χ3n) is 3.13. The van der Waals surface area contributed by atoms with Gasteiger partial charge in [0.15, 0.2) is 0 Å². The monoisotopic (exact) mass is 313 g/mol. The normalized spacial score (nSPS) is 11.4. The Hall–Kier alpha value is -1.60. The van der Waals surface area contributed by atoms with Crippen LogP contribution < -0.4 is 10.5 Å². The Labute approximate surface area is 126 Å². The molecule has 1 aromatic carbocycles. The predicted molar refractivity (Wildman–Crippen MR) is 83.3 cm³/mol. The van der Waals surface area contributed by atoms with E-state index in [1.165, 1.54) is 6.07 Å². The standard InChI is InChI=1S/C14H23N3O3S/c1-4-17(5-2)14(18)6-7-16-21(19,20)13-9-11(3)8-12(15)10-13/h8-10,16H,4-7,15H2,1-3H3. The topological polar surface area (TPSA) is 92.5 Å². The highest BCUT2D eigenvalue weighted by Gasteiger charge is 2.16. The molecule has 21 heavy (non-hydrogen) atoms. The fourth-order valence-electron chi connectivity index (χ4n) is 2.04. The van der Waals surface area contributed by atoms with E-state index >= 15 is 0 Å². The molecule has 3 N–H and O–H groups in total. The van der Waals surface area contributed by atoms with Crippen LogP contribution in [0.25, 0.3) is 0 Å². The van der Waals surface area contributed by atoms with Crippen molar-refractivity contribution in [2.45, 2.75) is 32.1 Å². The average Bonchev–Trinajstić information content (AvgIpc) is 2.38. The van der Waals surface area contributed by atoms with Crippen LogP contribution in [0.5, 0.6) is 0 Å². The van der Waals surface area contributed by atoms with Crippen LogP contribution in [-0.2, 0) is 14.8 Å². The van der Waals surface area contributed by atoms with Crippen molar-refractivity contribution in [3.05, 3.63) is 23.8 Å². The molecule has 0 atom stereocenters. The second kappa shape index (κ2) is 7.42. The number of carbonyl (C=O) groups is 1. The summed E-state index contributed by atoms with van der Waals surface area (Å²) in [7, 11) is -3.64. The Morgan fingerprint density at radius 3 is 2.38 bits per heavy atom. The SMILES string of the molecule is CCN(CC)C(=O)CCNS(=O)(=O)c1cc(C)cc(N)c1. The van der Waals surface area contributed by atoms with Crippen LogP contribution in [0.3, 0.4) is 0 Å². The smallest absolute Gasteiger partial charge is 0.240 e. The molecule has 7 heteroatoms. The maximum Gasteiger partial charge on any atom is 0.240 e. The molecule has 0 saturated heterocycles. The summed E-state index contributed by atoms with van der Waals surface area (Å²) in [5, 5.41) is 0. The molecule has 0 aliphatic carbocycles. The van der Waals surface area contributed by atoms with Gasteiger partial charge in [0.25, 0.3) is 0 Å². The van der Waals surface area contributed by atoms with E-state index in [2.05, 4.69) is 4.72 Å². The molecule has 0 bridgehead atoms. The number of rotatable bonds is 7. The fraction of sp³-hybridized carbons (Fsp3) is 0.500. The average molecular weight is 313 g/mol. The van der Waals surface area contributed by atoms with Crippen molar-refractivity contribution in [1.29, 1.82) is 0 Å². The number of amides is 1. The first-order valence-electron chi connectivity index (χ1n) is 6.94. The van der Waals surface area contributed by atoms with Crippen molar-refractivity contribution >= 4 is 21.6 Å². The van der Waals surface area contributed by atoms with E-state index in [4.69, 9.17) is 5.73 Å². The maximum atomic E-state index is 12.1. The quantitative estimate of drug-likeness (QED) is 0.738. The molecule has 6 nitrogen and oxygen atoms in total. The predicted octanol–water partition coefficient (Wildman–Crippen LogP) is 1.11. The van der Waals surface area contributed by atoms with Crippen molar-refractivity contribution in [2.24, 2.45) is 0 Å². The summed E-state index contributed by atoms with van der Waals surface area (Å²) in [6.07, 6.45) is 0.141. The van der Waals surface area contributed by atoms with Crippen LogP contribution in [0.2, 0.25) is 0 Å². The van der Waals surface area contributed by atoms with Crippen LogP contribution in [0.1, 0.15) is 25.8 Å². The molecule has 1 rings (SSSR count). The van der Waals surface area contributed by atoms with Crippen LogP contribution >= 0.6 is 0 Å². The summed E-state index contributed by atoms with van der Waals surface area (Å²) in [5.74, 6) is -0.0635. The van der Waals surface area contributed by atoms with E-state index in [-0.39, 0.29) is 23.8 Å². The number of hydrogen-bond acceptors (Lipinski definition) is 4. The largest absolute Gasteiger partial charge is 0.399 e. The van der Waals surface area contributed by atoms with E-state index in [9.17, 15) is 13.2 Å². The zero-order valence-corrected chi connectivity index (χ0v) is 13.5. The van der Waals surface area contributed by atoms with Crippen LogP contribution in [0.4, 0.5) is 5.69 Å². The molecule has 0 heterocycles. The first-order chi connectivity index (χ1) is 9.80. The lowest BCUT2D eigenvalue weighted by atomic mass is 10.2. The molecule has 118 valence electrons. The summed E-state index contributed by atoms with van der Waals surface area (Å²) in [6, 6.07) is 4.65. The van der Waals surface area contributed by atoms with Crippen molar-refractivity contribution < 1.29 is 13.2 Å². The van der Waals surface area contributed by atoms with Gasteiger partial charge in [-0.15, -0.1) is 0 Å². The summed E-state index contributed by atoms with van der Waals surface area (Å²) >= 11 is 0. The summed E-state index contributed by atoms with van der Waals surface area (Å²) in [5.41, 5.74) is 6.83. The number of nitrogens with two attached hydrogens (primary N) is 1. The number of nitrogens with one attached hydrogen (secondary N) is 1. The molecule has 0 fully saturated rings. The highest BCUT2D eigenvalue weighted by atomic mass is 32.2. The van der Waals surface area contributed by atoms with E-state index in [0.29, 0.717) is 18.8 Å². The van der Waals surface area contributed by atoms with Crippen molar-refractivity contribution in [3.8, 4) is 0 Å². The molecule has 0 unspecified atom stereocenters. The highest BCUT2D eigenvalue weighted by molar-refractivity contribution is 7.89. The molecule has 0 aliphatic rings. The fourth-order valence-corrected chi connectivity index (χ4v) is 3.21. The van der Waals surface area contributed by atoms with E-state index < -0.39 is 10.0 Å². The van der Waals surface area contributed by atoms with Crippen LogP contribution in [-0.4, -0.2) is 38.9 Å². The van der Waals surface area contributed by atoms with Crippen LogP contribution in [0, 0.1) is 6.92 Å². The molecule has 0 saturated carbocycles. The molecule has 0 spiro atoms. The van der Waals surface area contributed by atoms with Gasteiger partial charge in [0, 0.05) is 31.7 Å². The first kappa shape index (κ1) is 17.5. The van der Waals surface area contributed by atoms with Crippen molar-refractivity contribution in [3.63, 3.8) is 0 Å². The summed E-state index contributed by atoms with van der Waals surface area (Å²) in [6.45, 7) is 6.87. The minimum Gasteiger partial charge on any atom is -0.399 e. The van der Waals surface area contributed by atoms with Gasteiger partial charge in [-0.3, -0.25) is 4.79 Å².